The molecule has 21 heavy (non-hydrogen) atoms. The third-order valence-electron chi connectivity index (χ3n) is 3.77. The van der Waals surface area contributed by atoms with Crippen LogP contribution in [0, 0.1) is 17.7 Å². The molecule has 0 spiro atoms. The zero-order valence-electron chi connectivity index (χ0n) is 12.3. The number of nitrogens with one attached hydrogen (secondary N) is 1. The molecule has 2 amide bonds. The molecule has 4 nitrogen and oxygen atoms in total. The third kappa shape index (κ3) is 4.03. The summed E-state index contributed by atoms with van der Waals surface area (Å²) in [6.07, 6.45) is 1.21. The van der Waals surface area contributed by atoms with Crippen LogP contribution >= 0.6 is 0 Å². The SMILES string of the molecule is CC(C)CC(NC(=O)C1CC1c1cccc(F)c1)C(N)=O. The second-order valence-corrected chi connectivity index (χ2v) is 6.10. The smallest absolute Gasteiger partial charge is 0.240 e. The topological polar surface area (TPSA) is 72.2 Å². The highest BCUT2D eigenvalue weighted by molar-refractivity contribution is 5.89. The molecule has 0 bridgehead atoms. The van der Waals surface area contributed by atoms with Gasteiger partial charge in [-0.15, -0.1) is 0 Å². The van der Waals surface area contributed by atoms with E-state index in [0.29, 0.717) is 12.8 Å². The molecule has 1 aromatic rings. The summed E-state index contributed by atoms with van der Waals surface area (Å²) in [5.41, 5.74) is 6.14. The highest BCUT2D eigenvalue weighted by atomic mass is 19.1. The summed E-state index contributed by atoms with van der Waals surface area (Å²) in [7, 11) is 0. The first kappa shape index (κ1) is 15.5. The van der Waals surface area contributed by atoms with Crippen LogP contribution in [0.2, 0.25) is 0 Å². The molecule has 0 saturated heterocycles. The Morgan fingerprint density at radius 3 is 2.71 bits per heavy atom. The largest absolute Gasteiger partial charge is 0.368 e. The van der Waals surface area contributed by atoms with Crippen LogP contribution in [0.4, 0.5) is 4.39 Å². The van der Waals surface area contributed by atoms with Crippen LogP contribution in [0.1, 0.15) is 38.2 Å². The first-order valence-electron chi connectivity index (χ1n) is 7.23. The molecule has 3 N–H and O–H groups in total. The number of halogens is 1. The summed E-state index contributed by atoms with van der Waals surface area (Å²) < 4.78 is 13.2. The molecule has 3 unspecified atom stereocenters. The van der Waals surface area contributed by atoms with Gasteiger partial charge in [-0.1, -0.05) is 26.0 Å². The van der Waals surface area contributed by atoms with Crippen molar-refractivity contribution in [2.75, 3.05) is 0 Å². The Morgan fingerprint density at radius 2 is 2.14 bits per heavy atom. The van der Waals surface area contributed by atoms with E-state index < -0.39 is 11.9 Å². The Bertz CT molecular complexity index is 545. The number of primary amides is 1. The number of hydrogen-bond acceptors (Lipinski definition) is 2. The average Bonchev–Trinajstić information content (AvgIpc) is 3.17. The van der Waals surface area contributed by atoms with E-state index in [2.05, 4.69) is 5.32 Å². The molecule has 0 aliphatic heterocycles. The molecule has 5 heteroatoms. The maximum absolute atomic E-state index is 13.2. The van der Waals surface area contributed by atoms with Gasteiger partial charge in [0.2, 0.25) is 11.8 Å². The minimum atomic E-state index is -0.633. The van der Waals surface area contributed by atoms with Crippen LogP contribution in [0.3, 0.4) is 0 Å². The van der Waals surface area contributed by atoms with E-state index in [1.165, 1.54) is 12.1 Å². The summed E-state index contributed by atoms with van der Waals surface area (Å²) in [5.74, 6) is -0.878. The summed E-state index contributed by atoms with van der Waals surface area (Å²) in [4.78, 5) is 23.5. The van der Waals surface area contributed by atoms with Crippen LogP contribution in [0.25, 0.3) is 0 Å². The van der Waals surface area contributed by atoms with Crippen LogP contribution < -0.4 is 11.1 Å². The first-order chi connectivity index (χ1) is 9.88. The molecular weight excluding hydrogens is 271 g/mol. The van der Waals surface area contributed by atoms with E-state index in [9.17, 15) is 14.0 Å². The molecule has 1 saturated carbocycles. The van der Waals surface area contributed by atoms with Crippen molar-refractivity contribution in [3.63, 3.8) is 0 Å². The lowest BCUT2D eigenvalue weighted by atomic mass is 10.0. The Hall–Kier alpha value is -1.91. The van der Waals surface area contributed by atoms with Crippen molar-refractivity contribution in [3.05, 3.63) is 35.6 Å². The van der Waals surface area contributed by atoms with E-state index in [0.717, 1.165) is 5.56 Å². The van der Waals surface area contributed by atoms with Gasteiger partial charge in [-0.25, -0.2) is 4.39 Å². The fourth-order valence-corrected chi connectivity index (χ4v) is 2.59. The standard InChI is InChI=1S/C16H21FN2O2/c1-9(2)6-14(15(18)20)19-16(21)13-8-12(13)10-4-3-5-11(17)7-10/h3-5,7,9,12-14H,6,8H2,1-2H3,(H2,18,20)(H,19,21). The van der Waals surface area contributed by atoms with Gasteiger partial charge in [-0.3, -0.25) is 9.59 Å². The Kier molecular flexibility index (Phi) is 4.60. The molecule has 1 aliphatic carbocycles. The number of carbonyl (C=O) groups excluding carboxylic acids is 2. The Balaban J connectivity index is 1.94. The zero-order chi connectivity index (χ0) is 15.6. The minimum Gasteiger partial charge on any atom is -0.368 e. The normalized spacial score (nSPS) is 21.9. The summed E-state index contributed by atoms with van der Waals surface area (Å²) in [5, 5.41) is 2.72. The van der Waals surface area contributed by atoms with Gasteiger partial charge in [-0.05, 0) is 42.4 Å². The molecule has 2 rings (SSSR count). The molecule has 0 aromatic heterocycles. The quantitative estimate of drug-likeness (QED) is 0.841. The van der Waals surface area contributed by atoms with Crippen LogP contribution in [0.5, 0.6) is 0 Å². The van der Waals surface area contributed by atoms with E-state index in [4.69, 9.17) is 5.73 Å². The van der Waals surface area contributed by atoms with Gasteiger partial charge in [0.15, 0.2) is 0 Å². The monoisotopic (exact) mass is 292 g/mol. The van der Waals surface area contributed by atoms with Gasteiger partial charge < -0.3 is 11.1 Å². The molecule has 0 heterocycles. The molecule has 1 aromatic carbocycles. The van der Waals surface area contributed by atoms with Gasteiger partial charge in [0.1, 0.15) is 11.9 Å². The van der Waals surface area contributed by atoms with Crippen molar-refractivity contribution in [3.8, 4) is 0 Å². The zero-order valence-corrected chi connectivity index (χ0v) is 12.3. The lowest BCUT2D eigenvalue weighted by molar-refractivity contribution is -0.128. The van der Waals surface area contributed by atoms with E-state index in [1.807, 2.05) is 19.9 Å². The van der Waals surface area contributed by atoms with Gasteiger partial charge in [0, 0.05) is 5.92 Å². The highest BCUT2D eigenvalue weighted by Gasteiger charge is 2.44. The lowest BCUT2D eigenvalue weighted by Crippen LogP contribution is -2.45. The number of benzene rings is 1. The van der Waals surface area contributed by atoms with Crippen molar-refractivity contribution in [2.24, 2.45) is 17.6 Å². The molecule has 114 valence electrons. The second kappa shape index (κ2) is 6.24. The number of carbonyl (C=O) groups is 2. The number of hydrogen-bond donors (Lipinski definition) is 2. The summed E-state index contributed by atoms with van der Waals surface area (Å²) in [6.45, 7) is 3.93. The van der Waals surface area contributed by atoms with Crippen molar-refractivity contribution in [1.29, 1.82) is 0 Å². The maximum atomic E-state index is 13.2. The molecule has 0 radical (unpaired) electrons. The molecule has 1 fully saturated rings. The van der Waals surface area contributed by atoms with E-state index in [-0.39, 0.29) is 29.5 Å². The highest BCUT2D eigenvalue weighted by Crippen LogP contribution is 2.47. The molecule has 3 atom stereocenters. The number of nitrogens with two attached hydrogens (primary N) is 1. The number of rotatable bonds is 6. The number of amides is 2. The fourth-order valence-electron chi connectivity index (χ4n) is 2.59. The van der Waals surface area contributed by atoms with Crippen molar-refractivity contribution < 1.29 is 14.0 Å². The molecule has 1 aliphatic rings. The van der Waals surface area contributed by atoms with Gasteiger partial charge >= 0.3 is 0 Å². The van der Waals surface area contributed by atoms with Gasteiger partial charge in [0.25, 0.3) is 0 Å². The third-order valence-corrected chi connectivity index (χ3v) is 3.77. The molecular formula is C16H21FN2O2. The first-order valence-corrected chi connectivity index (χ1v) is 7.23. The van der Waals surface area contributed by atoms with Crippen LogP contribution in [0.15, 0.2) is 24.3 Å². The Labute approximate surface area is 123 Å². The van der Waals surface area contributed by atoms with Crippen molar-refractivity contribution in [2.45, 2.75) is 38.6 Å². The minimum absolute atomic E-state index is 0.0354. The predicted molar refractivity (Wildman–Crippen MR) is 77.8 cm³/mol. The van der Waals surface area contributed by atoms with Crippen LogP contribution in [-0.2, 0) is 9.59 Å². The second-order valence-electron chi connectivity index (χ2n) is 6.10. The van der Waals surface area contributed by atoms with Gasteiger partial charge in [-0.2, -0.15) is 0 Å². The van der Waals surface area contributed by atoms with Crippen LogP contribution in [-0.4, -0.2) is 17.9 Å². The summed E-state index contributed by atoms with van der Waals surface area (Å²) >= 11 is 0. The van der Waals surface area contributed by atoms with E-state index >= 15 is 0 Å². The average molecular weight is 292 g/mol. The Morgan fingerprint density at radius 1 is 1.43 bits per heavy atom. The van der Waals surface area contributed by atoms with Gasteiger partial charge in [0.05, 0.1) is 0 Å². The van der Waals surface area contributed by atoms with Crippen molar-refractivity contribution >= 4 is 11.8 Å². The maximum Gasteiger partial charge on any atom is 0.240 e. The summed E-state index contributed by atoms with van der Waals surface area (Å²) in [6, 6.07) is 5.67. The fraction of sp³-hybridized carbons (Fsp3) is 0.500. The van der Waals surface area contributed by atoms with E-state index in [1.54, 1.807) is 6.07 Å². The van der Waals surface area contributed by atoms with Crippen molar-refractivity contribution in [1.82, 2.24) is 5.32 Å². The lowest BCUT2D eigenvalue weighted by Gasteiger charge is -2.17. The predicted octanol–water partition coefficient (Wildman–Crippen LogP) is 1.95.